The van der Waals surface area contributed by atoms with Crippen LogP contribution in [0.2, 0.25) is 0 Å². The first-order chi connectivity index (χ1) is 11.2. The maximum atomic E-state index is 5.84. The van der Waals surface area contributed by atoms with Crippen LogP contribution in [0.25, 0.3) is 11.2 Å². The van der Waals surface area contributed by atoms with Crippen LogP contribution in [0.1, 0.15) is 69.2 Å². The number of rotatable bonds is 6. The number of fused-ring (bicyclic) bond motifs is 1. The number of aryl methyl sites for hydroxylation is 1. The molecule has 2 aromatic heterocycles. The second-order valence-electron chi connectivity index (χ2n) is 7.13. The van der Waals surface area contributed by atoms with Gasteiger partial charge in [-0.2, -0.15) is 0 Å². The molecule has 1 aliphatic rings. The normalized spacial score (nSPS) is 21.9. The van der Waals surface area contributed by atoms with Gasteiger partial charge in [-0.25, -0.2) is 9.97 Å². The van der Waals surface area contributed by atoms with E-state index < -0.39 is 0 Å². The lowest BCUT2D eigenvalue weighted by Crippen LogP contribution is -2.19. The maximum absolute atomic E-state index is 5.84. The molecule has 0 unspecified atom stereocenters. The summed E-state index contributed by atoms with van der Waals surface area (Å²) in [6.07, 6.45) is 11.3. The summed E-state index contributed by atoms with van der Waals surface area (Å²) in [6.45, 7) is 5.82. The van der Waals surface area contributed by atoms with Gasteiger partial charge in [0, 0.05) is 25.2 Å². The van der Waals surface area contributed by atoms with Crippen LogP contribution >= 0.6 is 0 Å². The largest absolute Gasteiger partial charge is 0.329 e. The molecule has 2 heterocycles. The van der Waals surface area contributed by atoms with Crippen LogP contribution in [0.5, 0.6) is 0 Å². The zero-order chi connectivity index (χ0) is 16.2. The molecule has 0 saturated heterocycles. The van der Waals surface area contributed by atoms with Crippen molar-refractivity contribution in [2.45, 2.75) is 71.3 Å². The smallest absolute Gasteiger partial charge is 0.160 e. The molecule has 3 rings (SSSR count). The topological polar surface area (TPSA) is 56.7 Å². The standard InChI is InChI=1S/C19H30N4/c1-3-4-5-15-6-8-16(9-7-15)18-22-17-12-14(2)13-21-19(17)23(18)11-10-20/h12-13,15-16H,3-11,20H2,1-2H3. The molecule has 4 heteroatoms. The number of imidazole rings is 1. The van der Waals surface area contributed by atoms with E-state index in [0.717, 1.165) is 23.6 Å². The molecule has 0 radical (unpaired) electrons. The third-order valence-corrected chi connectivity index (χ3v) is 5.28. The minimum absolute atomic E-state index is 0.578. The Kier molecular flexibility index (Phi) is 5.31. The Labute approximate surface area is 139 Å². The van der Waals surface area contributed by atoms with Crippen molar-refractivity contribution < 1.29 is 0 Å². The van der Waals surface area contributed by atoms with Crippen LogP contribution in [0.3, 0.4) is 0 Å². The lowest BCUT2D eigenvalue weighted by atomic mass is 9.79. The first kappa shape index (κ1) is 16.4. The van der Waals surface area contributed by atoms with Gasteiger partial charge >= 0.3 is 0 Å². The van der Waals surface area contributed by atoms with Crippen molar-refractivity contribution in [1.82, 2.24) is 14.5 Å². The van der Waals surface area contributed by atoms with E-state index in [1.807, 2.05) is 6.20 Å². The van der Waals surface area contributed by atoms with Gasteiger partial charge in [-0.15, -0.1) is 0 Å². The molecule has 0 spiro atoms. The fourth-order valence-corrected chi connectivity index (χ4v) is 3.99. The average Bonchev–Trinajstić information content (AvgIpc) is 2.91. The number of hydrogen-bond donors (Lipinski definition) is 1. The first-order valence-corrected chi connectivity index (χ1v) is 9.25. The summed E-state index contributed by atoms with van der Waals surface area (Å²) < 4.78 is 2.27. The number of pyridine rings is 1. The molecule has 126 valence electrons. The Morgan fingerprint density at radius 2 is 2.04 bits per heavy atom. The summed E-state index contributed by atoms with van der Waals surface area (Å²) >= 11 is 0. The highest BCUT2D eigenvalue weighted by Crippen LogP contribution is 2.38. The Balaban J connectivity index is 1.81. The summed E-state index contributed by atoms with van der Waals surface area (Å²) in [6, 6.07) is 2.14. The quantitative estimate of drug-likeness (QED) is 0.871. The molecule has 0 atom stereocenters. The zero-order valence-corrected chi connectivity index (χ0v) is 14.6. The van der Waals surface area contributed by atoms with E-state index in [1.54, 1.807) is 0 Å². The molecular weight excluding hydrogens is 284 g/mol. The van der Waals surface area contributed by atoms with E-state index in [0.29, 0.717) is 12.5 Å². The highest BCUT2D eigenvalue weighted by Gasteiger charge is 2.26. The van der Waals surface area contributed by atoms with Gasteiger partial charge in [-0.3, -0.25) is 0 Å². The van der Waals surface area contributed by atoms with Crippen molar-refractivity contribution in [3.05, 3.63) is 23.7 Å². The molecule has 1 aliphatic carbocycles. The molecule has 1 fully saturated rings. The van der Waals surface area contributed by atoms with Crippen LogP contribution in [0.15, 0.2) is 12.3 Å². The molecule has 4 nitrogen and oxygen atoms in total. The highest BCUT2D eigenvalue weighted by molar-refractivity contribution is 5.72. The molecule has 23 heavy (non-hydrogen) atoms. The predicted octanol–water partition coefficient (Wildman–Crippen LogP) is 4.16. The second-order valence-corrected chi connectivity index (χ2v) is 7.13. The van der Waals surface area contributed by atoms with Gasteiger partial charge in [-0.1, -0.05) is 26.2 Å². The SMILES string of the molecule is CCCCC1CCC(c2nc3cc(C)cnc3n2CCN)CC1. The average molecular weight is 314 g/mol. The van der Waals surface area contributed by atoms with Gasteiger partial charge in [0.2, 0.25) is 0 Å². The fourth-order valence-electron chi connectivity index (χ4n) is 3.99. The van der Waals surface area contributed by atoms with E-state index in [-0.39, 0.29) is 0 Å². The Bertz CT molecular complexity index is 638. The van der Waals surface area contributed by atoms with E-state index in [4.69, 9.17) is 10.7 Å². The summed E-state index contributed by atoms with van der Waals surface area (Å²) in [5.74, 6) is 2.73. The number of unbranched alkanes of at least 4 members (excludes halogenated alkanes) is 1. The van der Waals surface area contributed by atoms with E-state index in [9.17, 15) is 0 Å². The summed E-state index contributed by atoms with van der Waals surface area (Å²) in [5, 5.41) is 0. The van der Waals surface area contributed by atoms with Crippen LogP contribution in [0.4, 0.5) is 0 Å². The number of aromatic nitrogens is 3. The van der Waals surface area contributed by atoms with Gasteiger partial charge in [0.1, 0.15) is 11.3 Å². The molecule has 0 aromatic carbocycles. The lowest BCUT2D eigenvalue weighted by Gasteiger charge is -2.28. The zero-order valence-electron chi connectivity index (χ0n) is 14.6. The Morgan fingerprint density at radius 3 is 2.74 bits per heavy atom. The van der Waals surface area contributed by atoms with Gasteiger partial charge in [0.15, 0.2) is 5.65 Å². The lowest BCUT2D eigenvalue weighted by molar-refractivity contribution is 0.295. The van der Waals surface area contributed by atoms with Gasteiger partial charge in [-0.05, 0) is 50.2 Å². The molecule has 2 N–H and O–H groups in total. The van der Waals surface area contributed by atoms with Crippen molar-refractivity contribution in [3.8, 4) is 0 Å². The third kappa shape index (κ3) is 3.57. The maximum Gasteiger partial charge on any atom is 0.160 e. The minimum atomic E-state index is 0.578. The highest BCUT2D eigenvalue weighted by atomic mass is 15.1. The van der Waals surface area contributed by atoms with Crippen molar-refractivity contribution >= 4 is 11.2 Å². The molecular formula is C19H30N4. The molecule has 1 saturated carbocycles. The molecule has 2 aromatic rings. The fraction of sp³-hybridized carbons (Fsp3) is 0.684. The Hall–Kier alpha value is -1.42. The number of hydrogen-bond acceptors (Lipinski definition) is 3. The first-order valence-electron chi connectivity index (χ1n) is 9.25. The van der Waals surface area contributed by atoms with Gasteiger partial charge < -0.3 is 10.3 Å². The third-order valence-electron chi connectivity index (χ3n) is 5.28. The Morgan fingerprint density at radius 1 is 1.26 bits per heavy atom. The van der Waals surface area contributed by atoms with Crippen molar-refractivity contribution in [1.29, 1.82) is 0 Å². The summed E-state index contributed by atoms with van der Waals surface area (Å²) in [5.41, 5.74) is 9.04. The monoisotopic (exact) mass is 314 g/mol. The van der Waals surface area contributed by atoms with Crippen LogP contribution in [-0.4, -0.2) is 21.1 Å². The van der Waals surface area contributed by atoms with Crippen LogP contribution in [0, 0.1) is 12.8 Å². The van der Waals surface area contributed by atoms with Crippen molar-refractivity contribution in [3.63, 3.8) is 0 Å². The van der Waals surface area contributed by atoms with Crippen LogP contribution < -0.4 is 5.73 Å². The predicted molar refractivity (Wildman–Crippen MR) is 95.5 cm³/mol. The van der Waals surface area contributed by atoms with Crippen molar-refractivity contribution in [2.24, 2.45) is 11.7 Å². The van der Waals surface area contributed by atoms with E-state index in [2.05, 4.69) is 29.5 Å². The van der Waals surface area contributed by atoms with Crippen LogP contribution in [-0.2, 0) is 6.54 Å². The number of nitrogens with zero attached hydrogens (tertiary/aromatic N) is 3. The van der Waals surface area contributed by atoms with Crippen molar-refractivity contribution in [2.75, 3.05) is 6.54 Å². The van der Waals surface area contributed by atoms with Gasteiger partial charge in [0.05, 0.1) is 0 Å². The molecule has 0 aliphatic heterocycles. The summed E-state index contributed by atoms with van der Waals surface area (Å²) in [4.78, 5) is 9.56. The second kappa shape index (κ2) is 7.43. The van der Waals surface area contributed by atoms with E-state index >= 15 is 0 Å². The molecule has 0 amide bonds. The van der Waals surface area contributed by atoms with E-state index in [1.165, 1.54) is 56.3 Å². The number of nitrogens with two attached hydrogens (primary N) is 1. The minimum Gasteiger partial charge on any atom is -0.329 e. The summed E-state index contributed by atoms with van der Waals surface area (Å²) in [7, 11) is 0. The molecule has 0 bridgehead atoms. The van der Waals surface area contributed by atoms with Gasteiger partial charge in [0.25, 0.3) is 0 Å².